The van der Waals surface area contributed by atoms with Crippen molar-refractivity contribution in [1.29, 1.82) is 0 Å². The van der Waals surface area contributed by atoms with E-state index in [9.17, 15) is 14.4 Å². The van der Waals surface area contributed by atoms with Crippen LogP contribution in [0.25, 0.3) is 0 Å². The van der Waals surface area contributed by atoms with E-state index in [0.717, 1.165) is 30.4 Å². The summed E-state index contributed by atoms with van der Waals surface area (Å²) in [6.07, 6.45) is 2.73. The predicted molar refractivity (Wildman–Crippen MR) is 91.7 cm³/mol. The van der Waals surface area contributed by atoms with Crippen LogP contribution in [0, 0.1) is 25.7 Å². The van der Waals surface area contributed by atoms with Crippen LogP contribution in [0.2, 0.25) is 0 Å². The lowest BCUT2D eigenvalue weighted by Gasteiger charge is -2.31. The largest absolute Gasteiger partial charge is 0.342 e. The molecule has 2 amide bonds. The molecule has 2 fully saturated rings. The summed E-state index contributed by atoms with van der Waals surface area (Å²) >= 11 is 0. The summed E-state index contributed by atoms with van der Waals surface area (Å²) < 4.78 is 0. The van der Waals surface area contributed by atoms with Crippen LogP contribution in [0.1, 0.15) is 30.4 Å². The molecule has 5 nitrogen and oxygen atoms in total. The van der Waals surface area contributed by atoms with E-state index in [0.29, 0.717) is 19.6 Å². The summed E-state index contributed by atoms with van der Waals surface area (Å²) in [5, 5.41) is 0. The second-order valence-corrected chi connectivity index (χ2v) is 6.97. The van der Waals surface area contributed by atoms with E-state index < -0.39 is 0 Å². The number of anilines is 1. The van der Waals surface area contributed by atoms with Gasteiger partial charge in [0.15, 0.2) is 0 Å². The number of aldehydes is 1. The average Bonchev–Trinajstić information content (AvgIpc) is 2.98. The van der Waals surface area contributed by atoms with Crippen LogP contribution in [-0.2, 0) is 14.4 Å². The van der Waals surface area contributed by atoms with Crippen molar-refractivity contribution in [3.05, 3.63) is 29.3 Å². The highest BCUT2D eigenvalue weighted by atomic mass is 16.2. The second kappa shape index (κ2) is 6.75. The Balaban J connectivity index is 1.67. The van der Waals surface area contributed by atoms with Crippen molar-refractivity contribution in [3.8, 4) is 0 Å². The van der Waals surface area contributed by atoms with Crippen LogP contribution in [0.4, 0.5) is 5.69 Å². The number of nitrogens with zero attached hydrogens (tertiary/aromatic N) is 2. The van der Waals surface area contributed by atoms with Crippen molar-refractivity contribution in [2.24, 2.45) is 11.8 Å². The van der Waals surface area contributed by atoms with Gasteiger partial charge in [-0.25, -0.2) is 0 Å². The van der Waals surface area contributed by atoms with Crippen LogP contribution < -0.4 is 4.90 Å². The maximum atomic E-state index is 12.7. The van der Waals surface area contributed by atoms with Gasteiger partial charge >= 0.3 is 0 Å². The van der Waals surface area contributed by atoms with E-state index >= 15 is 0 Å². The molecule has 1 atom stereocenters. The zero-order chi connectivity index (χ0) is 17.3. The fourth-order valence-corrected chi connectivity index (χ4v) is 3.53. The summed E-state index contributed by atoms with van der Waals surface area (Å²) in [5.41, 5.74) is 3.21. The van der Waals surface area contributed by atoms with Gasteiger partial charge in [-0.1, -0.05) is 6.07 Å². The molecule has 0 radical (unpaired) electrons. The molecule has 3 rings (SSSR count). The van der Waals surface area contributed by atoms with E-state index in [1.54, 1.807) is 4.90 Å². The third-order valence-corrected chi connectivity index (χ3v) is 5.32. The first-order valence-corrected chi connectivity index (χ1v) is 8.61. The van der Waals surface area contributed by atoms with Crippen molar-refractivity contribution in [1.82, 2.24) is 4.90 Å². The lowest BCUT2D eigenvalue weighted by Crippen LogP contribution is -2.42. The maximum Gasteiger partial charge on any atom is 0.228 e. The monoisotopic (exact) mass is 328 g/mol. The molecule has 2 saturated heterocycles. The number of amides is 2. The SMILES string of the molecule is Cc1ccc(N2CC(C(=O)N3CCC(C=O)CC3)CC2=O)cc1C. The summed E-state index contributed by atoms with van der Waals surface area (Å²) in [6, 6.07) is 5.97. The van der Waals surface area contributed by atoms with Gasteiger partial charge < -0.3 is 14.6 Å². The Bertz CT molecular complexity index is 663. The van der Waals surface area contributed by atoms with Crippen LogP contribution in [0.3, 0.4) is 0 Å². The van der Waals surface area contributed by atoms with E-state index in [4.69, 9.17) is 0 Å². The highest BCUT2D eigenvalue weighted by Gasteiger charge is 2.38. The number of carbonyl (C=O) groups excluding carboxylic acids is 3. The lowest BCUT2D eigenvalue weighted by atomic mass is 9.97. The minimum Gasteiger partial charge on any atom is -0.342 e. The third-order valence-electron chi connectivity index (χ3n) is 5.32. The minimum absolute atomic E-state index is 0.0133. The quantitative estimate of drug-likeness (QED) is 0.799. The third kappa shape index (κ3) is 3.21. The molecule has 2 aliphatic heterocycles. The highest BCUT2D eigenvalue weighted by Crippen LogP contribution is 2.28. The van der Waals surface area contributed by atoms with E-state index in [2.05, 4.69) is 0 Å². The van der Waals surface area contributed by atoms with E-state index in [1.165, 1.54) is 5.56 Å². The predicted octanol–water partition coefficient (Wildman–Crippen LogP) is 2.09. The van der Waals surface area contributed by atoms with Gasteiger partial charge in [0.2, 0.25) is 11.8 Å². The molecule has 0 bridgehead atoms. The summed E-state index contributed by atoms with van der Waals surface area (Å²) in [7, 11) is 0. The Morgan fingerprint density at radius 1 is 1.17 bits per heavy atom. The van der Waals surface area contributed by atoms with Crippen molar-refractivity contribution in [2.75, 3.05) is 24.5 Å². The van der Waals surface area contributed by atoms with Gasteiger partial charge in [0.25, 0.3) is 0 Å². The number of hydrogen-bond acceptors (Lipinski definition) is 3. The van der Waals surface area contributed by atoms with Gasteiger partial charge in [0.1, 0.15) is 6.29 Å². The van der Waals surface area contributed by atoms with Crippen molar-refractivity contribution >= 4 is 23.8 Å². The van der Waals surface area contributed by atoms with Gasteiger partial charge in [-0.2, -0.15) is 0 Å². The summed E-state index contributed by atoms with van der Waals surface area (Å²) in [5.74, 6) is -0.128. The number of aryl methyl sites for hydroxylation is 2. The first kappa shape index (κ1) is 16.7. The van der Waals surface area contributed by atoms with Gasteiger partial charge in [-0.3, -0.25) is 9.59 Å². The Morgan fingerprint density at radius 3 is 2.50 bits per heavy atom. The molecule has 2 heterocycles. The van der Waals surface area contributed by atoms with Gasteiger partial charge in [0.05, 0.1) is 5.92 Å². The Labute approximate surface area is 142 Å². The first-order valence-electron chi connectivity index (χ1n) is 8.61. The van der Waals surface area contributed by atoms with Crippen LogP contribution in [0.15, 0.2) is 18.2 Å². The standard InChI is InChI=1S/C19H24N2O3/c1-13-3-4-17(9-14(13)2)21-11-16(10-18(21)23)19(24)20-7-5-15(12-22)6-8-20/h3-4,9,12,15-16H,5-8,10-11H2,1-2H3. The van der Waals surface area contributed by atoms with Crippen molar-refractivity contribution in [2.45, 2.75) is 33.1 Å². The molecule has 24 heavy (non-hydrogen) atoms. The van der Waals surface area contributed by atoms with Crippen LogP contribution >= 0.6 is 0 Å². The molecule has 128 valence electrons. The average molecular weight is 328 g/mol. The summed E-state index contributed by atoms with van der Waals surface area (Å²) in [6.45, 7) is 5.76. The fraction of sp³-hybridized carbons (Fsp3) is 0.526. The lowest BCUT2D eigenvalue weighted by molar-refractivity contribution is -0.137. The van der Waals surface area contributed by atoms with Gasteiger partial charge in [-0.15, -0.1) is 0 Å². The molecule has 1 aromatic carbocycles. The number of likely N-dealkylation sites (tertiary alicyclic amines) is 1. The van der Waals surface area contributed by atoms with Gasteiger partial charge in [0, 0.05) is 37.7 Å². The molecule has 0 spiro atoms. The van der Waals surface area contributed by atoms with E-state index in [-0.39, 0.29) is 30.1 Å². The molecule has 5 heteroatoms. The molecular weight excluding hydrogens is 304 g/mol. The number of piperidine rings is 1. The van der Waals surface area contributed by atoms with Crippen LogP contribution in [-0.4, -0.2) is 42.6 Å². The summed E-state index contributed by atoms with van der Waals surface area (Å²) in [4.78, 5) is 39.5. The normalized spacial score (nSPS) is 22.1. The zero-order valence-corrected chi connectivity index (χ0v) is 14.3. The molecule has 1 aromatic rings. The van der Waals surface area contributed by atoms with Gasteiger partial charge in [-0.05, 0) is 49.9 Å². The topological polar surface area (TPSA) is 57.7 Å². The zero-order valence-electron chi connectivity index (χ0n) is 14.3. The first-order chi connectivity index (χ1) is 11.5. The highest BCUT2D eigenvalue weighted by molar-refractivity contribution is 6.00. The Kier molecular flexibility index (Phi) is 4.69. The Hall–Kier alpha value is -2.17. The maximum absolute atomic E-state index is 12.7. The van der Waals surface area contributed by atoms with Crippen LogP contribution in [0.5, 0.6) is 0 Å². The minimum atomic E-state index is -0.271. The van der Waals surface area contributed by atoms with E-state index in [1.807, 2.05) is 36.9 Å². The number of benzene rings is 1. The van der Waals surface area contributed by atoms with Crippen molar-refractivity contribution in [3.63, 3.8) is 0 Å². The van der Waals surface area contributed by atoms with Crippen molar-refractivity contribution < 1.29 is 14.4 Å². The smallest absolute Gasteiger partial charge is 0.228 e. The molecule has 0 aliphatic carbocycles. The molecular formula is C19H24N2O3. The molecule has 0 aromatic heterocycles. The Morgan fingerprint density at radius 2 is 1.88 bits per heavy atom. The molecule has 0 saturated carbocycles. The number of rotatable bonds is 3. The molecule has 2 aliphatic rings. The second-order valence-electron chi connectivity index (χ2n) is 6.97. The molecule has 1 unspecified atom stereocenters. The number of carbonyl (C=O) groups is 3. The fourth-order valence-electron chi connectivity index (χ4n) is 3.53. The molecule has 0 N–H and O–H groups in total. The number of hydrogen-bond donors (Lipinski definition) is 0.